The molecular formula is C13H10BrFO. The molecule has 1 N–H and O–H groups in total. The molecule has 0 aliphatic heterocycles. The van der Waals surface area contributed by atoms with Gasteiger partial charge in [-0.3, -0.25) is 0 Å². The van der Waals surface area contributed by atoms with Gasteiger partial charge in [0.25, 0.3) is 0 Å². The number of hydrogen-bond donors (Lipinski definition) is 1. The summed E-state index contributed by atoms with van der Waals surface area (Å²) in [5, 5.41) is 10.0. The molecule has 2 aromatic rings. The van der Waals surface area contributed by atoms with E-state index < -0.39 is 11.9 Å². The van der Waals surface area contributed by atoms with Gasteiger partial charge in [0.05, 0.1) is 0 Å². The number of hydrogen-bond acceptors (Lipinski definition) is 1. The van der Waals surface area contributed by atoms with E-state index in [0.717, 1.165) is 4.47 Å². The van der Waals surface area contributed by atoms with Crippen molar-refractivity contribution in [2.75, 3.05) is 0 Å². The van der Waals surface area contributed by atoms with Crippen LogP contribution in [0, 0.1) is 5.82 Å². The second-order valence-corrected chi connectivity index (χ2v) is 4.39. The van der Waals surface area contributed by atoms with E-state index in [9.17, 15) is 9.50 Å². The van der Waals surface area contributed by atoms with Crippen LogP contribution in [0.2, 0.25) is 0 Å². The van der Waals surface area contributed by atoms with E-state index in [4.69, 9.17) is 0 Å². The van der Waals surface area contributed by atoms with Gasteiger partial charge in [0, 0.05) is 10.0 Å². The van der Waals surface area contributed by atoms with Crippen molar-refractivity contribution in [2.24, 2.45) is 0 Å². The average molecular weight is 281 g/mol. The van der Waals surface area contributed by atoms with Crippen molar-refractivity contribution in [3.63, 3.8) is 0 Å². The molecule has 0 spiro atoms. The fraction of sp³-hybridized carbons (Fsp3) is 0.0769. The molecule has 1 atom stereocenters. The van der Waals surface area contributed by atoms with Crippen LogP contribution in [0.4, 0.5) is 4.39 Å². The van der Waals surface area contributed by atoms with Crippen LogP contribution in [0.15, 0.2) is 53.0 Å². The Labute approximate surface area is 102 Å². The van der Waals surface area contributed by atoms with Crippen molar-refractivity contribution in [3.05, 3.63) is 69.9 Å². The Morgan fingerprint density at radius 2 is 1.81 bits per heavy atom. The fourth-order valence-electron chi connectivity index (χ4n) is 1.55. The molecule has 82 valence electrons. The lowest BCUT2D eigenvalue weighted by Crippen LogP contribution is -2.02. The molecule has 3 heteroatoms. The van der Waals surface area contributed by atoms with Gasteiger partial charge >= 0.3 is 0 Å². The van der Waals surface area contributed by atoms with Crippen molar-refractivity contribution in [2.45, 2.75) is 6.10 Å². The van der Waals surface area contributed by atoms with Crippen LogP contribution in [-0.4, -0.2) is 5.11 Å². The zero-order valence-corrected chi connectivity index (χ0v) is 9.99. The van der Waals surface area contributed by atoms with E-state index >= 15 is 0 Å². The molecule has 1 unspecified atom stereocenters. The highest BCUT2D eigenvalue weighted by Gasteiger charge is 2.14. The van der Waals surface area contributed by atoms with E-state index in [2.05, 4.69) is 15.9 Å². The lowest BCUT2D eigenvalue weighted by Gasteiger charge is -2.12. The second kappa shape index (κ2) is 4.76. The Morgan fingerprint density at radius 1 is 1.06 bits per heavy atom. The molecule has 0 bridgehead atoms. The predicted octanol–water partition coefficient (Wildman–Crippen LogP) is 3.67. The molecule has 16 heavy (non-hydrogen) atoms. The second-order valence-electron chi connectivity index (χ2n) is 3.48. The van der Waals surface area contributed by atoms with Crippen LogP contribution in [0.1, 0.15) is 17.2 Å². The molecule has 0 saturated heterocycles. The number of aliphatic hydroxyl groups excluding tert-OH is 1. The van der Waals surface area contributed by atoms with Crippen LogP contribution in [0.25, 0.3) is 0 Å². The van der Waals surface area contributed by atoms with Gasteiger partial charge in [0.15, 0.2) is 0 Å². The van der Waals surface area contributed by atoms with Gasteiger partial charge < -0.3 is 5.11 Å². The van der Waals surface area contributed by atoms with Crippen molar-refractivity contribution in [3.8, 4) is 0 Å². The number of aliphatic hydroxyl groups is 1. The highest BCUT2D eigenvalue weighted by atomic mass is 79.9. The van der Waals surface area contributed by atoms with E-state index in [0.29, 0.717) is 11.1 Å². The normalized spacial score (nSPS) is 12.4. The topological polar surface area (TPSA) is 20.2 Å². The van der Waals surface area contributed by atoms with Gasteiger partial charge in [-0.1, -0.05) is 46.3 Å². The maximum Gasteiger partial charge on any atom is 0.129 e. The van der Waals surface area contributed by atoms with Crippen LogP contribution >= 0.6 is 15.9 Å². The average Bonchev–Trinajstić information content (AvgIpc) is 2.29. The molecule has 0 heterocycles. The van der Waals surface area contributed by atoms with Gasteiger partial charge in [-0.05, 0) is 23.8 Å². The molecule has 2 aromatic carbocycles. The summed E-state index contributed by atoms with van der Waals surface area (Å²) in [6.45, 7) is 0. The molecule has 2 rings (SSSR count). The van der Waals surface area contributed by atoms with Crippen LogP contribution in [-0.2, 0) is 0 Å². The SMILES string of the molecule is OC(c1cccc(Br)c1)c1ccccc1F. The minimum Gasteiger partial charge on any atom is -0.384 e. The summed E-state index contributed by atoms with van der Waals surface area (Å²) in [7, 11) is 0. The maximum absolute atomic E-state index is 13.5. The van der Waals surface area contributed by atoms with Gasteiger partial charge in [-0.15, -0.1) is 0 Å². The standard InChI is InChI=1S/C13H10BrFO/c14-10-5-3-4-9(8-10)13(16)11-6-1-2-7-12(11)15/h1-8,13,16H. The summed E-state index contributed by atoms with van der Waals surface area (Å²) in [4.78, 5) is 0. The Morgan fingerprint density at radius 3 is 2.50 bits per heavy atom. The number of halogens is 2. The maximum atomic E-state index is 13.5. The summed E-state index contributed by atoms with van der Waals surface area (Å²) in [6, 6.07) is 13.4. The van der Waals surface area contributed by atoms with E-state index in [1.54, 1.807) is 30.3 Å². The van der Waals surface area contributed by atoms with Crippen LogP contribution < -0.4 is 0 Å². The first-order chi connectivity index (χ1) is 7.68. The summed E-state index contributed by atoms with van der Waals surface area (Å²) in [6.07, 6.45) is -0.932. The quantitative estimate of drug-likeness (QED) is 0.890. The monoisotopic (exact) mass is 280 g/mol. The van der Waals surface area contributed by atoms with Gasteiger partial charge in [0.1, 0.15) is 11.9 Å². The molecular weight excluding hydrogens is 271 g/mol. The molecule has 0 aromatic heterocycles. The minimum atomic E-state index is -0.932. The van der Waals surface area contributed by atoms with Gasteiger partial charge in [-0.25, -0.2) is 4.39 Å². The predicted molar refractivity (Wildman–Crippen MR) is 64.6 cm³/mol. The summed E-state index contributed by atoms with van der Waals surface area (Å²) in [5.41, 5.74) is 0.958. The molecule has 0 saturated carbocycles. The first-order valence-corrected chi connectivity index (χ1v) is 5.66. The largest absolute Gasteiger partial charge is 0.384 e. The fourth-order valence-corrected chi connectivity index (χ4v) is 1.97. The molecule has 0 radical (unpaired) electrons. The smallest absolute Gasteiger partial charge is 0.129 e. The molecule has 0 amide bonds. The first kappa shape index (κ1) is 11.3. The van der Waals surface area contributed by atoms with E-state index in [1.165, 1.54) is 6.07 Å². The lowest BCUT2D eigenvalue weighted by molar-refractivity contribution is 0.215. The molecule has 0 aliphatic rings. The number of rotatable bonds is 2. The summed E-state index contributed by atoms with van der Waals surface area (Å²) >= 11 is 3.32. The highest BCUT2D eigenvalue weighted by molar-refractivity contribution is 9.10. The van der Waals surface area contributed by atoms with Crippen molar-refractivity contribution in [1.29, 1.82) is 0 Å². The molecule has 1 nitrogen and oxygen atoms in total. The third kappa shape index (κ3) is 2.31. The Bertz CT molecular complexity index is 499. The van der Waals surface area contributed by atoms with Gasteiger partial charge in [-0.2, -0.15) is 0 Å². The van der Waals surface area contributed by atoms with Gasteiger partial charge in [0.2, 0.25) is 0 Å². The third-order valence-corrected chi connectivity index (χ3v) is 2.86. The Hall–Kier alpha value is -1.19. The van der Waals surface area contributed by atoms with Crippen molar-refractivity contribution >= 4 is 15.9 Å². The van der Waals surface area contributed by atoms with Crippen molar-refractivity contribution in [1.82, 2.24) is 0 Å². The first-order valence-electron chi connectivity index (χ1n) is 4.86. The lowest BCUT2D eigenvalue weighted by atomic mass is 10.0. The Kier molecular flexibility index (Phi) is 3.36. The summed E-state index contributed by atoms with van der Waals surface area (Å²) in [5.74, 6) is -0.394. The van der Waals surface area contributed by atoms with Crippen LogP contribution in [0.3, 0.4) is 0 Å². The van der Waals surface area contributed by atoms with Crippen molar-refractivity contribution < 1.29 is 9.50 Å². The Balaban J connectivity index is 2.39. The zero-order valence-electron chi connectivity index (χ0n) is 8.40. The highest BCUT2D eigenvalue weighted by Crippen LogP contribution is 2.25. The third-order valence-electron chi connectivity index (χ3n) is 2.36. The van der Waals surface area contributed by atoms with Crippen LogP contribution in [0.5, 0.6) is 0 Å². The van der Waals surface area contributed by atoms with E-state index in [1.807, 2.05) is 12.1 Å². The summed E-state index contributed by atoms with van der Waals surface area (Å²) < 4.78 is 14.3. The molecule has 0 aliphatic carbocycles. The minimum absolute atomic E-state index is 0.292. The van der Waals surface area contributed by atoms with E-state index in [-0.39, 0.29) is 0 Å². The number of benzene rings is 2. The molecule has 0 fully saturated rings. The zero-order chi connectivity index (χ0) is 11.5.